The Labute approximate surface area is 143 Å². The molecule has 22 heavy (non-hydrogen) atoms. The Balaban J connectivity index is 1.60. The molecule has 4 heteroatoms. The lowest BCUT2D eigenvalue weighted by molar-refractivity contribution is -0.687. The Morgan fingerprint density at radius 3 is 2.45 bits per heavy atom. The summed E-state index contributed by atoms with van der Waals surface area (Å²) in [6.07, 6.45) is 0. The second-order valence-electron chi connectivity index (χ2n) is 5.06. The van der Waals surface area contributed by atoms with Crippen molar-refractivity contribution in [1.82, 2.24) is 0 Å². The van der Waals surface area contributed by atoms with Crippen LogP contribution in [0.25, 0.3) is 11.3 Å². The summed E-state index contributed by atoms with van der Waals surface area (Å²) in [5.41, 5.74) is 2.23. The smallest absolute Gasteiger partial charge is 0.158 e. The standard InChI is InChI=1S/C18H15BrClNO/c19-15-7-5-13(6-8-15)18-10-9-16(22-18)12-21-11-14-3-1-2-4-17(14)20/h1-10,21H,11-12H2/p+1. The highest BCUT2D eigenvalue weighted by molar-refractivity contribution is 9.10. The Bertz CT molecular complexity index is 752. The molecule has 2 nitrogen and oxygen atoms in total. The van der Waals surface area contributed by atoms with E-state index in [-0.39, 0.29) is 0 Å². The van der Waals surface area contributed by atoms with Gasteiger partial charge in [0.15, 0.2) is 5.76 Å². The van der Waals surface area contributed by atoms with Crippen LogP contribution in [0.2, 0.25) is 5.02 Å². The molecule has 0 aliphatic heterocycles. The minimum Gasteiger partial charge on any atom is -0.455 e. The van der Waals surface area contributed by atoms with Crippen LogP contribution in [-0.2, 0) is 13.1 Å². The average Bonchev–Trinajstić information content (AvgIpc) is 2.99. The van der Waals surface area contributed by atoms with Crippen LogP contribution in [0.3, 0.4) is 0 Å². The fourth-order valence-corrected chi connectivity index (χ4v) is 2.77. The van der Waals surface area contributed by atoms with E-state index in [2.05, 4.69) is 21.2 Å². The molecule has 0 radical (unpaired) electrons. The van der Waals surface area contributed by atoms with E-state index in [1.807, 2.05) is 60.7 Å². The number of hydrogen-bond donors (Lipinski definition) is 1. The summed E-state index contributed by atoms with van der Waals surface area (Å²) in [5, 5.41) is 3.00. The normalized spacial score (nSPS) is 10.8. The highest BCUT2D eigenvalue weighted by atomic mass is 79.9. The SMILES string of the molecule is Clc1ccccc1C[NH2+]Cc1ccc(-c2ccc(Br)cc2)o1. The minimum absolute atomic E-state index is 0.793. The van der Waals surface area contributed by atoms with E-state index in [4.69, 9.17) is 16.0 Å². The minimum atomic E-state index is 0.793. The zero-order valence-electron chi connectivity index (χ0n) is 11.9. The Kier molecular flexibility index (Phi) is 4.98. The van der Waals surface area contributed by atoms with Crippen molar-refractivity contribution in [1.29, 1.82) is 0 Å². The third-order valence-corrected chi connectivity index (χ3v) is 4.36. The molecule has 0 aliphatic rings. The van der Waals surface area contributed by atoms with Crippen LogP contribution < -0.4 is 5.32 Å². The molecule has 0 saturated heterocycles. The van der Waals surface area contributed by atoms with E-state index in [1.165, 1.54) is 0 Å². The molecular formula is C18H16BrClNO+. The third-order valence-electron chi connectivity index (χ3n) is 3.46. The number of benzene rings is 2. The fraction of sp³-hybridized carbons (Fsp3) is 0.111. The number of furan rings is 1. The van der Waals surface area contributed by atoms with Crippen LogP contribution in [0.4, 0.5) is 0 Å². The molecule has 0 amide bonds. The van der Waals surface area contributed by atoms with Gasteiger partial charge in [-0.1, -0.05) is 57.9 Å². The molecule has 3 aromatic rings. The van der Waals surface area contributed by atoms with Crippen molar-refractivity contribution in [2.45, 2.75) is 13.1 Å². The van der Waals surface area contributed by atoms with Crippen molar-refractivity contribution < 1.29 is 9.73 Å². The topological polar surface area (TPSA) is 29.8 Å². The molecule has 0 spiro atoms. The molecular weight excluding hydrogens is 362 g/mol. The molecule has 2 aromatic carbocycles. The van der Waals surface area contributed by atoms with Gasteiger partial charge in [0.1, 0.15) is 18.8 Å². The Morgan fingerprint density at radius 2 is 1.68 bits per heavy atom. The average molecular weight is 378 g/mol. The highest BCUT2D eigenvalue weighted by Crippen LogP contribution is 2.23. The van der Waals surface area contributed by atoms with Gasteiger partial charge in [0.25, 0.3) is 0 Å². The van der Waals surface area contributed by atoms with Gasteiger partial charge >= 0.3 is 0 Å². The predicted molar refractivity (Wildman–Crippen MR) is 92.6 cm³/mol. The molecule has 2 N–H and O–H groups in total. The van der Waals surface area contributed by atoms with E-state index in [1.54, 1.807) is 0 Å². The second-order valence-corrected chi connectivity index (χ2v) is 6.38. The van der Waals surface area contributed by atoms with Crippen molar-refractivity contribution in [3.63, 3.8) is 0 Å². The number of rotatable bonds is 5. The van der Waals surface area contributed by atoms with Gasteiger partial charge in [0.2, 0.25) is 0 Å². The van der Waals surface area contributed by atoms with Crippen molar-refractivity contribution in [2.75, 3.05) is 0 Å². The first kappa shape index (κ1) is 15.3. The van der Waals surface area contributed by atoms with Gasteiger partial charge in [-0.25, -0.2) is 0 Å². The van der Waals surface area contributed by atoms with Crippen LogP contribution in [0.1, 0.15) is 11.3 Å². The monoisotopic (exact) mass is 376 g/mol. The zero-order chi connectivity index (χ0) is 15.4. The summed E-state index contributed by atoms with van der Waals surface area (Å²) >= 11 is 9.59. The molecule has 0 bridgehead atoms. The zero-order valence-corrected chi connectivity index (χ0v) is 14.3. The van der Waals surface area contributed by atoms with Crippen LogP contribution >= 0.6 is 27.5 Å². The van der Waals surface area contributed by atoms with Crippen molar-refractivity contribution >= 4 is 27.5 Å². The van der Waals surface area contributed by atoms with Crippen LogP contribution in [0.5, 0.6) is 0 Å². The molecule has 0 unspecified atom stereocenters. The largest absolute Gasteiger partial charge is 0.455 e. The second kappa shape index (κ2) is 7.14. The van der Waals surface area contributed by atoms with Crippen LogP contribution in [0, 0.1) is 0 Å². The maximum absolute atomic E-state index is 6.16. The summed E-state index contributed by atoms with van der Waals surface area (Å²) < 4.78 is 6.96. The van der Waals surface area contributed by atoms with Gasteiger partial charge in [-0.2, -0.15) is 0 Å². The van der Waals surface area contributed by atoms with Crippen molar-refractivity contribution in [3.05, 3.63) is 81.5 Å². The molecule has 1 aromatic heterocycles. The first-order chi connectivity index (χ1) is 10.7. The van der Waals surface area contributed by atoms with E-state index in [0.29, 0.717) is 0 Å². The number of hydrogen-bond acceptors (Lipinski definition) is 1. The first-order valence-corrected chi connectivity index (χ1v) is 8.29. The molecule has 0 atom stereocenters. The van der Waals surface area contributed by atoms with Gasteiger partial charge in [-0.05, 0) is 30.3 Å². The van der Waals surface area contributed by atoms with Gasteiger partial charge in [-0.15, -0.1) is 0 Å². The quantitative estimate of drug-likeness (QED) is 0.690. The summed E-state index contributed by atoms with van der Waals surface area (Å²) in [6, 6.07) is 20.1. The summed E-state index contributed by atoms with van der Waals surface area (Å²) in [4.78, 5) is 0. The number of nitrogens with two attached hydrogens (primary N) is 1. The van der Waals surface area contributed by atoms with Gasteiger partial charge < -0.3 is 9.73 Å². The number of halogens is 2. The molecule has 1 heterocycles. The van der Waals surface area contributed by atoms with Gasteiger partial charge in [0, 0.05) is 20.6 Å². The van der Waals surface area contributed by atoms with Crippen LogP contribution in [-0.4, -0.2) is 0 Å². The maximum atomic E-state index is 6.16. The Hall–Kier alpha value is -1.55. The van der Waals surface area contributed by atoms with Gasteiger partial charge in [0.05, 0.1) is 0 Å². The molecule has 0 fully saturated rings. The lowest BCUT2D eigenvalue weighted by atomic mass is 10.2. The number of quaternary nitrogens is 1. The first-order valence-electron chi connectivity index (χ1n) is 7.12. The van der Waals surface area contributed by atoms with E-state index in [9.17, 15) is 0 Å². The molecule has 0 aliphatic carbocycles. The fourth-order valence-electron chi connectivity index (χ4n) is 2.29. The molecule has 3 rings (SSSR count). The Morgan fingerprint density at radius 1 is 0.909 bits per heavy atom. The maximum Gasteiger partial charge on any atom is 0.158 e. The van der Waals surface area contributed by atoms with E-state index >= 15 is 0 Å². The summed E-state index contributed by atoms with van der Waals surface area (Å²) in [7, 11) is 0. The summed E-state index contributed by atoms with van der Waals surface area (Å²) in [6.45, 7) is 1.63. The van der Waals surface area contributed by atoms with Crippen LogP contribution in [0.15, 0.2) is 69.6 Å². The van der Waals surface area contributed by atoms with Crippen molar-refractivity contribution in [3.8, 4) is 11.3 Å². The predicted octanol–water partition coefficient (Wildman–Crippen LogP) is 4.63. The van der Waals surface area contributed by atoms with Crippen molar-refractivity contribution in [2.24, 2.45) is 0 Å². The van der Waals surface area contributed by atoms with E-state index < -0.39 is 0 Å². The molecule has 0 saturated carbocycles. The van der Waals surface area contributed by atoms with E-state index in [0.717, 1.165) is 45.2 Å². The summed E-state index contributed by atoms with van der Waals surface area (Å²) in [5.74, 6) is 1.86. The lowest BCUT2D eigenvalue weighted by Gasteiger charge is -2.02. The third kappa shape index (κ3) is 3.80. The lowest BCUT2D eigenvalue weighted by Crippen LogP contribution is -2.80. The van der Waals surface area contributed by atoms with Gasteiger partial charge in [-0.3, -0.25) is 0 Å². The highest BCUT2D eigenvalue weighted by Gasteiger charge is 2.07. The molecule has 112 valence electrons.